The second kappa shape index (κ2) is 6.52. The van der Waals surface area contributed by atoms with Crippen LogP contribution < -0.4 is 16.6 Å². The van der Waals surface area contributed by atoms with E-state index in [0.717, 1.165) is 0 Å². The van der Waals surface area contributed by atoms with Gasteiger partial charge in [-0.3, -0.25) is 24.4 Å². The fourth-order valence-corrected chi connectivity index (χ4v) is 1.74. The molecule has 0 bridgehead atoms. The van der Waals surface area contributed by atoms with Gasteiger partial charge >= 0.3 is 0 Å². The molecule has 106 valence electrons. The van der Waals surface area contributed by atoms with Gasteiger partial charge in [0.05, 0.1) is 12.2 Å². The summed E-state index contributed by atoms with van der Waals surface area (Å²) in [6.45, 7) is 0.286. The number of aromatic amines is 3. The summed E-state index contributed by atoms with van der Waals surface area (Å²) in [5.41, 5.74) is 2.46. The van der Waals surface area contributed by atoms with E-state index in [9.17, 15) is 9.59 Å². The third kappa shape index (κ3) is 3.81. The minimum atomic E-state index is -0.309. The van der Waals surface area contributed by atoms with Gasteiger partial charge in [-0.05, 0) is 24.4 Å². The number of hydrogen-bond acceptors (Lipinski definition) is 6. The highest BCUT2D eigenvalue weighted by Gasteiger charge is 1.99. The molecular formula is C10H11N5O3S2. The van der Waals surface area contributed by atoms with Gasteiger partial charge in [0, 0.05) is 18.5 Å². The summed E-state index contributed by atoms with van der Waals surface area (Å²) in [4.78, 5) is 35.2. The van der Waals surface area contributed by atoms with Crippen molar-refractivity contribution < 1.29 is 4.84 Å². The number of nitrogens with one attached hydrogen (secondary N) is 4. The molecule has 8 nitrogen and oxygen atoms in total. The number of H-pyrrole nitrogens is 3. The normalized spacial score (nSPS) is 10.6. The lowest BCUT2D eigenvalue weighted by Crippen LogP contribution is -2.23. The number of hydroxylamine groups is 1. The Morgan fingerprint density at radius 1 is 1.30 bits per heavy atom. The number of nitrogens with zero attached hydrogens (tertiary/aromatic N) is 1. The highest BCUT2D eigenvalue weighted by Crippen LogP contribution is 1.90. The predicted molar refractivity (Wildman–Crippen MR) is 76.1 cm³/mol. The molecule has 0 saturated carbocycles. The van der Waals surface area contributed by atoms with Crippen molar-refractivity contribution in [3.63, 3.8) is 0 Å². The van der Waals surface area contributed by atoms with Gasteiger partial charge in [0.15, 0.2) is 9.54 Å². The molecule has 2 rings (SSSR count). The zero-order valence-electron chi connectivity index (χ0n) is 10.1. The molecule has 0 aromatic carbocycles. The Bertz CT molecular complexity index is 749. The zero-order valence-corrected chi connectivity index (χ0v) is 11.8. The maximum Gasteiger partial charge on any atom is 0.257 e. The van der Waals surface area contributed by atoms with Crippen LogP contribution in [0.1, 0.15) is 5.56 Å². The maximum absolute atomic E-state index is 11.5. The third-order valence-corrected chi connectivity index (χ3v) is 2.91. The minimum absolute atomic E-state index is 0.0537. The molecule has 0 fully saturated rings. The first-order chi connectivity index (χ1) is 9.56. The largest absolute Gasteiger partial charge is 0.338 e. The average Bonchev–Trinajstić information content (AvgIpc) is 2.39. The van der Waals surface area contributed by atoms with Crippen LogP contribution in [0.5, 0.6) is 0 Å². The molecule has 0 aliphatic carbocycles. The van der Waals surface area contributed by atoms with Crippen molar-refractivity contribution in [2.24, 2.45) is 0 Å². The van der Waals surface area contributed by atoms with Gasteiger partial charge in [0.25, 0.3) is 11.1 Å². The Kier molecular flexibility index (Phi) is 4.74. The highest BCUT2D eigenvalue weighted by molar-refractivity contribution is 7.71. The Hall–Kier alpha value is -1.88. The van der Waals surface area contributed by atoms with Gasteiger partial charge in [-0.1, -0.05) is 0 Å². The topological polar surface area (TPSA) is 108 Å². The molecule has 10 heteroatoms. The quantitative estimate of drug-likeness (QED) is 0.360. The van der Waals surface area contributed by atoms with Crippen LogP contribution in [0, 0.1) is 9.54 Å². The van der Waals surface area contributed by atoms with E-state index < -0.39 is 0 Å². The minimum Gasteiger partial charge on any atom is -0.338 e. The van der Waals surface area contributed by atoms with Crippen molar-refractivity contribution in [2.75, 3.05) is 0 Å². The van der Waals surface area contributed by atoms with Crippen molar-refractivity contribution in [1.29, 1.82) is 0 Å². The molecule has 0 aliphatic rings. The fraction of sp³-hybridized carbons (Fsp3) is 0.200. The number of rotatable bonds is 5. The van der Waals surface area contributed by atoms with Crippen LogP contribution in [0.2, 0.25) is 0 Å². The van der Waals surface area contributed by atoms with E-state index in [1.165, 1.54) is 18.5 Å². The molecule has 20 heavy (non-hydrogen) atoms. The Morgan fingerprint density at radius 2 is 2.10 bits per heavy atom. The smallest absolute Gasteiger partial charge is 0.257 e. The molecule has 0 radical (unpaired) electrons. The zero-order chi connectivity index (χ0) is 14.5. The van der Waals surface area contributed by atoms with Crippen molar-refractivity contribution in [2.45, 2.75) is 13.3 Å². The summed E-state index contributed by atoms with van der Waals surface area (Å²) in [5.74, 6) is 0. The van der Waals surface area contributed by atoms with Crippen molar-refractivity contribution in [1.82, 2.24) is 25.0 Å². The van der Waals surface area contributed by atoms with E-state index in [1.54, 1.807) is 4.57 Å². The summed E-state index contributed by atoms with van der Waals surface area (Å²) in [5, 5.41) is 0. The maximum atomic E-state index is 11.5. The summed E-state index contributed by atoms with van der Waals surface area (Å²) in [6.07, 6.45) is 3.01. The molecule has 2 aromatic heterocycles. The van der Waals surface area contributed by atoms with E-state index >= 15 is 0 Å². The number of hydrogen-bond donors (Lipinski definition) is 4. The molecule has 0 amide bonds. The van der Waals surface area contributed by atoms with Gasteiger partial charge in [-0.2, -0.15) is 5.48 Å². The molecule has 4 N–H and O–H groups in total. The van der Waals surface area contributed by atoms with Gasteiger partial charge in [-0.25, -0.2) is 0 Å². The average molecular weight is 313 g/mol. The molecule has 2 aromatic rings. The van der Waals surface area contributed by atoms with Crippen LogP contribution in [0.3, 0.4) is 0 Å². The molecule has 0 spiro atoms. The van der Waals surface area contributed by atoms with Crippen LogP contribution in [0.15, 0.2) is 28.0 Å². The number of aromatic nitrogens is 4. The van der Waals surface area contributed by atoms with Crippen LogP contribution in [0.25, 0.3) is 0 Å². The van der Waals surface area contributed by atoms with E-state index in [2.05, 4.69) is 20.4 Å². The lowest BCUT2D eigenvalue weighted by molar-refractivity contribution is 0.00978. The Balaban J connectivity index is 1.90. The van der Waals surface area contributed by atoms with Crippen LogP contribution in [0.4, 0.5) is 0 Å². The van der Waals surface area contributed by atoms with Gasteiger partial charge < -0.3 is 9.55 Å². The molecule has 0 aliphatic heterocycles. The fourth-order valence-electron chi connectivity index (χ4n) is 1.36. The molecule has 0 atom stereocenters. The highest BCUT2D eigenvalue weighted by atomic mass is 32.1. The summed E-state index contributed by atoms with van der Waals surface area (Å²) in [7, 11) is 0. The summed E-state index contributed by atoms with van der Waals surface area (Å²) in [6, 6.07) is 1.35. The SMILES string of the molecule is O=c1ccn(CNOCc2c[nH]c(=S)[nH]c2=O)c(=S)[nH]1. The Morgan fingerprint density at radius 3 is 2.80 bits per heavy atom. The lowest BCUT2D eigenvalue weighted by Gasteiger charge is -2.08. The molecule has 0 saturated heterocycles. The van der Waals surface area contributed by atoms with Gasteiger partial charge in [0.1, 0.15) is 6.61 Å². The van der Waals surface area contributed by atoms with E-state index in [0.29, 0.717) is 5.56 Å². The first-order valence-electron chi connectivity index (χ1n) is 5.51. The van der Waals surface area contributed by atoms with Crippen LogP contribution >= 0.6 is 24.4 Å². The summed E-state index contributed by atoms with van der Waals surface area (Å²) < 4.78 is 2.10. The van der Waals surface area contributed by atoms with E-state index in [1.807, 2.05) is 0 Å². The third-order valence-electron chi connectivity index (χ3n) is 2.36. The van der Waals surface area contributed by atoms with Crippen molar-refractivity contribution in [3.8, 4) is 0 Å². The predicted octanol–water partition coefficient (Wildman–Crippen LogP) is 0.331. The van der Waals surface area contributed by atoms with Crippen molar-refractivity contribution in [3.05, 3.63) is 54.3 Å². The molecular weight excluding hydrogens is 302 g/mol. The van der Waals surface area contributed by atoms with E-state index in [4.69, 9.17) is 29.3 Å². The van der Waals surface area contributed by atoms with Crippen LogP contribution in [-0.2, 0) is 18.1 Å². The molecule has 2 heterocycles. The lowest BCUT2D eigenvalue weighted by atomic mass is 10.4. The van der Waals surface area contributed by atoms with Gasteiger partial charge in [0.2, 0.25) is 0 Å². The van der Waals surface area contributed by atoms with Crippen LogP contribution in [-0.4, -0.2) is 19.5 Å². The molecule has 0 unspecified atom stereocenters. The second-order valence-electron chi connectivity index (χ2n) is 3.77. The monoisotopic (exact) mass is 313 g/mol. The summed E-state index contributed by atoms with van der Waals surface area (Å²) >= 11 is 9.73. The van der Waals surface area contributed by atoms with Crippen molar-refractivity contribution >= 4 is 24.4 Å². The first kappa shape index (κ1) is 14.5. The Labute approximate surface area is 122 Å². The first-order valence-corrected chi connectivity index (χ1v) is 6.33. The van der Waals surface area contributed by atoms with Gasteiger partial charge in [-0.15, -0.1) is 0 Å². The standard InChI is InChI=1S/C10H11N5O3S2/c16-7-1-2-15(10(20)13-7)5-12-18-4-6-3-11-9(19)14-8(6)17/h1-3,12H,4-5H2,(H,13,16,20)(H2,11,14,17,19). The second-order valence-corrected chi connectivity index (χ2v) is 4.56. The van der Waals surface area contributed by atoms with E-state index in [-0.39, 0.29) is 33.9 Å².